The number of ether oxygens (including phenoxy) is 1. The summed E-state index contributed by atoms with van der Waals surface area (Å²) in [5.74, 6) is 0. The molecule has 2 atom stereocenters. The number of aliphatic hydroxyl groups excluding tert-OH is 2. The predicted octanol–water partition coefficient (Wildman–Crippen LogP) is 2.90. The van der Waals surface area contributed by atoms with E-state index in [-0.39, 0.29) is 13.2 Å². The summed E-state index contributed by atoms with van der Waals surface area (Å²) in [7, 11) is 0. The van der Waals surface area contributed by atoms with Gasteiger partial charge in [-0.05, 0) is 16.7 Å². The molecule has 0 aromatic heterocycles. The fraction of sp³-hybridized carbons (Fsp3) is 0.278. The van der Waals surface area contributed by atoms with Crippen LogP contribution in [0.15, 0.2) is 54.6 Å². The number of carbonyl (C=O) groups is 1. The molecule has 0 aliphatic carbocycles. The third kappa shape index (κ3) is 5.63. The summed E-state index contributed by atoms with van der Waals surface area (Å²) in [6.07, 6.45) is -2.85. The quantitative estimate of drug-likeness (QED) is 0.631. The number of alkyl halides is 1. The molecule has 0 bridgehead atoms. The Labute approximate surface area is 149 Å². The average molecular weight is 394 g/mol. The van der Waals surface area contributed by atoms with Crippen LogP contribution in [0.3, 0.4) is 0 Å². The van der Waals surface area contributed by atoms with Gasteiger partial charge in [-0.25, -0.2) is 4.79 Å². The first-order valence-corrected chi connectivity index (χ1v) is 8.68. The van der Waals surface area contributed by atoms with Crippen molar-refractivity contribution in [1.82, 2.24) is 5.32 Å². The van der Waals surface area contributed by atoms with Gasteiger partial charge in [0, 0.05) is 11.9 Å². The van der Waals surface area contributed by atoms with E-state index in [4.69, 9.17) is 4.74 Å². The third-order valence-electron chi connectivity index (χ3n) is 3.48. The molecule has 3 N–H and O–H groups in total. The Morgan fingerprint density at radius 2 is 1.79 bits per heavy atom. The Bertz CT molecular complexity index is 650. The van der Waals surface area contributed by atoms with Crippen LogP contribution >= 0.6 is 15.9 Å². The number of nitrogens with one attached hydrogen (secondary N) is 1. The number of halogens is 1. The average Bonchev–Trinajstić information content (AvgIpc) is 2.64. The molecule has 0 saturated heterocycles. The van der Waals surface area contributed by atoms with Crippen LogP contribution in [-0.2, 0) is 16.7 Å². The van der Waals surface area contributed by atoms with Gasteiger partial charge in [-0.3, -0.25) is 0 Å². The van der Waals surface area contributed by atoms with Gasteiger partial charge in [0.15, 0.2) is 0 Å². The van der Waals surface area contributed by atoms with E-state index in [1.165, 1.54) is 0 Å². The van der Waals surface area contributed by atoms with E-state index >= 15 is 0 Å². The van der Waals surface area contributed by atoms with Crippen LogP contribution in [0.4, 0.5) is 4.79 Å². The number of amides is 1. The molecule has 0 heterocycles. The maximum absolute atomic E-state index is 11.6. The van der Waals surface area contributed by atoms with Crippen molar-refractivity contribution in [3.63, 3.8) is 0 Å². The Kier molecular flexibility index (Phi) is 7.24. The van der Waals surface area contributed by atoms with Gasteiger partial charge in [0.1, 0.15) is 18.8 Å². The fourth-order valence-corrected chi connectivity index (χ4v) is 2.50. The zero-order chi connectivity index (χ0) is 17.4. The van der Waals surface area contributed by atoms with E-state index in [9.17, 15) is 15.0 Å². The Hall–Kier alpha value is -1.89. The lowest BCUT2D eigenvalue weighted by molar-refractivity contribution is 0.0184. The molecule has 2 aromatic rings. The molecule has 128 valence electrons. The Balaban J connectivity index is 1.79. The molecule has 5 nitrogen and oxygen atoms in total. The summed E-state index contributed by atoms with van der Waals surface area (Å²) in [5.41, 5.74) is 2.47. The number of benzene rings is 2. The number of alkyl carbamates (subject to hydrolysis) is 1. The summed E-state index contributed by atoms with van der Waals surface area (Å²) in [5, 5.41) is 23.3. The minimum absolute atomic E-state index is 0.104. The topological polar surface area (TPSA) is 78.8 Å². The second-order valence-electron chi connectivity index (χ2n) is 5.33. The zero-order valence-electron chi connectivity index (χ0n) is 13.1. The molecule has 2 aromatic carbocycles. The van der Waals surface area contributed by atoms with Crippen molar-refractivity contribution < 1.29 is 19.7 Å². The monoisotopic (exact) mass is 393 g/mol. The van der Waals surface area contributed by atoms with Crippen molar-refractivity contribution in [2.75, 3.05) is 6.54 Å². The Morgan fingerprint density at radius 1 is 1.08 bits per heavy atom. The van der Waals surface area contributed by atoms with E-state index in [0.717, 1.165) is 11.1 Å². The Morgan fingerprint density at radius 3 is 2.50 bits per heavy atom. The molecule has 0 aliphatic heterocycles. The van der Waals surface area contributed by atoms with Gasteiger partial charge in [0.25, 0.3) is 0 Å². The summed E-state index contributed by atoms with van der Waals surface area (Å²) >= 11 is 3.35. The smallest absolute Gasteiger partial charge is 0.407 e. The van der Waals surface area contributed by atoms with Gasteiger partial charge in [0.05, 0.1) is 0 Å². The molecule has 0 saturated carbocycles. The molecule has 1 amide bonds. The van der Waals surface area contributed by atoms with Gasteiger partial charge >= 0.3 is 6.09 Å². The summed E-state index contributed by atoms with van der Waals surface area (Å²) in [6.45, 7) is 0.0476. The fourth-order valence-electron chi connectivity index (χ4n) is 2.16. The molecule has 2 unspecified atom stereocenters. The summed E-state index contributed by atoms with van der Waals surface area (Å²) in [6, 6.07) is 16.6. The zero-order valence-corrected chi connectivity index (χ0v) is 14.6. The number of rotatable bonds is 7. The lowest BCUT2D eigenvalue weighted by Gasteiger charge is -2.19. The summed E-state index contributed by atoms with van der Waals surface area (Å²) in [4.78, 5) is 11.6. The third-order valence-corrected chi connectivity index (χ3v) is 4.13. The second-order valence-corrected chi connectivity index (χ2v) is 5.89. The molecule has 0 radical (unpaired) electrons. The predicted molar refractivity (Wildman–Crippen MR) is 94.7 cm³/mol. The lowest BCUT2D eigenvalue weighted by atomic mass is 10.0. The van der Waals surface area contributed by atoms with Gasteiger partial charge in [-0.1, -0.05) is 70.5 Å². The van der Waals surface area contributed by atoms with Crippen LogP contribution in [0.25, 0.3) is 0 Å². The molecule has 0 fully saturated rings. The van der Waals surface area contributed by atoms with Gasteiger partial charge in [0.2, 0.25) is 0 Å². The molecule has 0 spiro atoms. The lowest BCUT2D eigenvalue weighted by Crippen LogP contribution is -2.35. The van der Waals surface area contributed by atoms with Crippen molar-refractivity contribution in [1.29, 1.82) is 0 Å². The highest BCUT2D eigenvalue weighted by atomic mass is 79.9. The second kappa shape index (κ2) is 9.42. The first-order chi connectivity index (χ1) is 11.6. The van der Waals surface area contributed by atoms with Crippen LogP contribution in [0, 0.1) is 0 Å². The van der Waals surface area contributed by atoms with Crippen LogP contribution in [0.5, 0.6) is 0 Å². The van der Waals surface area contributed by atoms with E-state index in [1.54, 1.807) is 12.1 Å². The minimum Gasteiger partial charge on any atom is -0.445 e. The van der Waals surface area contributed by atoms with Crippen LogP contribution in [0.1, 0.15) is 22.8 Å². The van der Waals surface area contributed by atoms with Gasteiger partial charge in [-0.15, -0.1) is 0 Å². The summed E-state index contributed by atoms with van der Waals surface area (Å²) < 4.78 is 5.05. The number of hydrogen-bond donors (Lipinski definition) is 3. The number of carbonyl (C=O) groups excluding carboxylic acids is 1. The van der Waals surface area contributed by atoms with Crippen LogP contribution < -0.4 is 5.32 Å². The molecule has 24 heavy (non-hydrogen) atoms. The van der Waals surface area contributed by atoms with E-state index in [2.05, 4.69) is 21.2 Å². The van der Waals surface area contributed by atoms with Crippen molar-refractivity contribution in [2.24, 2.45) is 0 Å². The van der Waals surface area contributed by atoms with Crippen molar-refractivity contribution >= 4 is 22.0 Å². The van der Waals surface area contributed by atoms with Crippen molar-refractivity contribution in [3.8, 4) is 0 Å². The standard InChI is InChI=1S/C18H20BrNO4/c19-10-14-7-4-8-15(9-14)17(22)16(21)11-20-18(23)24-12-13-5-2-1-3-6-13/h1-9,16-17,21-22H,10-12H2,(H,20,23). The molecule has 6 heteroatoms. The highest BCUT2D eigenvalue weighted by molar-refractivity contribution is 9.08. The normalized spacial score (nSPS) is 13.1. The first kappa shape index (κ1) is 18.4. The van der Waals surface area contributed by atoms with E-state index in [0.29, 0.717) is 10.9 Å². The molecular weight excluding hydrogens is 374 g/mol. The van der Waals surface area contributed by atoms with Gasteiger partial charge in [-0.2, -0.15) is 0 Å². The minimum atomic E-state index is -1.13. The van der Waals surface area contributed by atoms with Crippen LogP contribution in [-0.4, -0.2) is 29.0 Å². The van der Waals surface area contributed by atoms with Crippen molar-refractivity contribution in [2.45, 2.75) is 24.1 Å². The van der Waals surface area contributed by atoms with E-state index < -0.39 is 18.3 Å². The highest BCUT2D eigenvalue weighted by Crippen LogP contribution is 2.19. The maximum atomic E-state index is 11.6. The molecule has 2 rings (SSSR count). The number of aliphatic hydroxyl groups is 2. The van der Waals surface area contributed by atoms with Crippen LogP contribution in [0.2, 0.25) is 0 Å². The number of hydrogen-bond acceptors (Lipinski definition) is 4. The highest BCUT2D eigenvalue weighted by Gasteiger charge is 2.19. The molecular formula is C18H20BrNO4. The molecule has 0 aliphatic rings. The van der Waals surface area contributed by atoms with E-state index in [1.807, 2.05) is 42.5 Å². The SMILES string of the molecule is O=C(NCC(O)C(O)c1cccc(CBr)c1)OCc1ccccc1. The largest absolute Gasteiger partial charge is 0.445 e. The van der Waals surface area contributed by atoms with Crippen molar-refractivity contribution in [3.05, 3.63) is 71.3 Å². The van der Waals surface area contributed by atoms with Gasteiger partial charge < -0.3 is 20.3 Å². The first-order valence-electron chi connectivity index (χ1n) is 7.55. The maximum Gasteiger partial charge on any atom is 0.407 e.